The van der Waals surface area contributed by atoms with Crippen molar-refractivity contribution < 1.29 is 9.84 Å². The predicted octanol–water partition coefficient (Wildman–Crippen LogP) is 1.89. The molecular weight excluding hydrogens is 242 g/mol. The molecule has 1 aromatic heterocycles. The number of ether oxygens (including phenoxy) is 1. The summed E-state index contributed by atoms with van der Waals surface area (Å²) in [6.07, 6.45) is 0.929. The Morgan fingerprint density at radius 2 is 2.05 bits per heavy atom. The van der Waals surface area contributed by atoms with Crippen LogP contribution in [0.1, 0.15) is 12.1 Å². The summed E-state index contributed by atoms with van der Waals surface area (Å²) < 4.78 is 5.72. The van der Waals surface area contributed by atoms with Crippen LogP contribution in [0, 0.1) is 0 Å². The molecule has 19 heavy (non-hydrogen) atoms. The molecule has 5 heteroatoms. The Bertz CT molecular complexity index is 557. The van der Waals surface area contributed by atoms with Gasteiger partial charge in [-0.3, -0.25) is 0 Å². The summed E-state index contributed by atoms with van der Waals surface area (Å²) in [5, 5.41) is 17.2. The lowest BCUT2D eigenvalue weighted by molar-refractivity contribution is 0.275. The van der Waals surface area contributed by atoms with Crippen LogP contribution >= 0.6 is 0 Å². The Hall–Kier alpha value is -2.14. The molecule has 3 rings (SSSR count). The highest BCUT2D eigenvalue weighted by atomic mass is 16.5. The van der Waals surface area contributed by atoms with Crippen LogP contribution in [0.5, 0.6) is 5.75 Å². The normalized spacial score (nSPS) is 14.5. The minimum Gasteiger partial charge on any atom is -0.491 e. The minimum atomic E-state index is -0.0903. The van der Waals surface area contributed by atoms with E-state index in [2.05, 4.69) is 15.1 Å². The van der Waals surface area contributed by atoms with E-state index in [0.29, 0.717) is 12.3 Å². The van der Waals surface area contributed by atoms with E-state index < -0.39 is 0 Å². The summed E-state index contributed by atoms with van der Waals surface area (Å²) in [6, 6.07) is 11.6. The number of hydrogen-bond acceptors (Lipinski definition) is 5. The highest BCUT2D eigenvalue weighted by Crippen LogP contribution is 2.34. The van der Waals surface area contributed by atoms with Crippen LogP contribution in [0.4, 0.5) is 11.5 Å². The van der Waals surface area contributed by atoms with Crippen molar-refractivity contribution in [1.82, 2.24) is 10.2 Å². The second-order valence-corrected chi connectivity index (χ2v) is 4.36. The van der Waals surface area contributed by atoms with Crippen LogP contribution in [0.2, 0.25) is 0 Å². The first-order valence-corrected chi connectivity index (χ1v) is 6.31. The number of para-hydroxylation sites is 2. The first kappa shape index (κ1) is 11.9. The molecular formula is C14H15N3O2. The number of aliphatic hydroxyl groups is 1. The topological polar surface area (TPSA) is 58.5 Å². The molecule has 1 aliphatic rings. The van der Waals surface area contributed by atoms with Gasteiger partial charge in [0.1, 0.15) is 5.75 Å². The van der Waals surface area contributed by atoms with Gasteiger partial charge in [-0.15, -0.1) is 5.10 Å². The van der Waals surface area contributed by atoms with Crippen molar-refractivity contribution in [1.29, 1.82) is 0 Å². The largest absolute Gasteiger partial charge is 0.491 e. The molecule has 0 amide bonds. The second-order valence-electron chi connectivity index (χ2n) is 4.36. The van der Waals surface area contributed by atoms with Crippen molar-refractivity contribution in [2.75, 3.05) is 18.1 Å². The van der Waals surface area contributed by atoms with E-state index in [1.165, 1.54) is 0 Å². The average molecular weight is 257 g/mol. The third-order valence-corrected chi connectivity index (χ3v) is 3.08. The van der Waals surface area contributed by atoms with E-state index in [9.17, 15) is 0 Å². The number of benzene rings is 1. The second kappa shape index (κ2) is 5.24. The van der Waals surface area contributed by atoms with Crippen LogP contribution in [0.3, 0.4) is 0 Å². The summed E-state index contributed by atoms with van der Waals surface area (Å²) in [7, 11) is 0. The Balaban J connectivity index is 1.99. The molecule has 0 atom stereocenters. The molecule has 1 aliphatic heterocycles. The molecule has 2 aromatic rings. The minimum absolute atomic E-state index is 0.0903. The molecule has 0 spiro atoms. The molecule has 0 unspecified atom stereocenters. The standard InChI is InChI=1S/C14H15N3O2/c18-10-11-6-7-14(16-15-11)17-8-3-9-19-13-5-2-1-4-12(13)17/h1-2,4-7,18H,3,8-10H2. The molecule has 0 radical (unpaired) electrons. The number of rotatable bonds is 2. The fourth-order valence-electron chi connectivity index (χ4n) is 2.15. The van der Waals surface area contributed by atoms with Crippen molar-refractivity contribution in [2.45, 2.75) is 13.0 Å². The molecule has 1 N–H and O–H groups in total. The molecule has 0 aliphatic carbocycles. The van der Waals surface area contributed by atoms with Crippen LogP contribution in [-0.4, -0.2) is 28.5 Å². The van der Waals surface area contributed by atoms with Gasteiger partial charge in [-0.1, -0.05) is 12.1 Å². The van der Waals surface area contributed by atoms with Crippen molar-refractivity contribution in [3.05, 3.63) is 42.1 Å². The average Bonchev–Trinajstić information content (AvgIpc) is 2.70. The zero-order chi connectivity index (χ0) is 13.1. The lowest BCUT2D eigenvalue weighted by atomic mass is 10.2. The maximum atomic E-state index is 9.01. The number of nitrogens with zero attached hydrogens (tertiary/aromatic N) is 3. The molecule has 0 fully saturated rings. The van der Waals surface area contributed by atoms with Crippen molar-refractivity contribution >= 4 is 11.5 Å². The molecule has 0 saturated carbocycles. The summed E-state index contributed by atoms with van der Waals surface area (Å²) in [5.74, 6) is 1.64. The SMILES string of the molecule is OCc1ccc(N2CCCOc3ccccc32)nn1. The molecule has 0 saturated heterocycles. The Kier molecular flexibility index (Phi) is 3.29. The highest BCUT2D eigenvalue weighted by molar-refractivity contribution is 5.67. The van der Waals surface area contributed by atoms with Gasteiger partial charge in [0, 0.05) is 6.54 Å². The van der Waals surface area contributed by atoms with Crippen LogP contribution < -0.4 is 9.64 Å². The Labute approximate surface area is 111 Å². The van der Waals surface area contributed by atoms with Gasteiger partial charge in [-0.25, -0.2) is 0 Å². The third kappa shape index (κ3) is 2.37. The molecule has 0 bridgehead atoms. The van der Waals surface area contributed by atoms with E-state index in [4.69, 9.17) is 9.84 Å². The number of fused-ring (bicyclic) bond motifs is 1. The van der Waals surface area contributed by atoms with Crippen molar-refractivity contribution in [3.63, 3.8) is 0 Å². The lowest BCUT2D eigenvalue weighted by Crippen LogP contribution is -2.19. The monoisotopic (exact) mass is 257 g/mol. The van der Waals surface area contributed by atoms with Gasteiger partial charge >= 0.3 is 0 Å². The highest BCUT2D eigenvalue weighted by Gasteiger charge is 2.18. The first-order chi connectivity index (χ1) is 9.38. The maximum absolute atomic E-state index is 9.01. The van der Waals surface area contributed by atoms with Gasteiger partial charge in [0.15, 0.2) is 5.82 Å². The van der Waals surface area contributed by atoms with E-state index in [1.807, 2.05) is 30.3 Å². The number of hydrogen-bond donors (Lipinski definition) is 1. The summed E-state index contributed by atoms with van der Waals surface area (Å²) >= 11 is 0. The number of anilines is 2. The van der Waals surface area contributed by atoms with Gasteiger partial charge in [-0.2, -0.15) is 5.10 Å². The van der Waals surface area contributed by atoms with E-state index in [1.54, 1.807) is 6.07 Å². The molecule has 5 nitrogen and oxygen atoms in total. The number of aliphatic hydroxyl groups excluding tert-OH is 1. The summed E-state index contributed by atoms with van der Waals surface area (Å²) in [4.78, 5) is 2.09. The summed E-state index contributed by atoms with van der Waals surface area (Å²) in [6.45, 7) is 1.45. The van der Waals surface area contributed by atoms with Gasteiger partial charge in [0.2, 0.25) is 0 Å². The fraction of sp³-hybridized carbons (Fsp3) is 0.286. The van der Waals surface area contributed by atoms with Crippen LogP contribution in [0.15, 0.2) is 36.4 Å². The zero-order valence-corrected chi connectivity index (χ0v) is 10.5. The first-order valence-electron chi connectivity index (χ1n) is 6.31. The van der Waals surface area contributed by atoms with Gasteiger partial charge < -0.3 is 14.7 Å². The van der Waals surface area contributed by atoms with E-state index >= 15 is 0 Å². The lowest BCUT2D eigenvalue weighted by Gasteiger charge is -2.22. The zero-order valence-electron chi connectivity index (χ0n) is 10.5. The van der Waals surface area contributed by atoms with E-state index in [0.717, 1.165) is 30.2 Å². The molecule has 2 heterocycles. The third-order valence-electron chi connectivity index (χ3n) is 3.08. The van der Waals surface area contributed by atoms with Gasteiger partial charge in [0.05, 0.1) is 24.6 Å². The Morgan fingerprint density at radius 3 is 2.84 bits per heavy atom. The smallest absolute Gasteiger partial charge is 0.155 e. The van der Waals surface area contributed by atoms with Crippen LogP contribution in [-0.2, 0) is 6.61 Å². The number of aromatic nitrogens is 2. The van der Waals surface area contributed by atoms with Gasteiger partial charge in [0.25, 0.3) is 0 Å². The molecule has 98 valence electrons. The molecule has 1 aromatic carbocycles. The quantitative estimate of drug-likeness (QED) is 0.890. The summed E-state index contributed by atoms with van der Waals surface area (Å²) in [5.41, 5.74) is 1.58. The van der Waals surface area contributed by atoms with E-state index in [-0.39, 0.29) is 6.61 Å². The van der Waals surface area contributed by atoms with Crippen molar-refractivity contribution in [2.24, 2.45) is 0 Å². The van der Waals surface area contributed by atoms with Gasteiger partial charge in [-0.05, 0) is 30.7 Å². The maximum Gasteiger partial charge on any atom is 0.155 e. The fourth-order valence-corrected chi connectivity index (χ4v) is 2.15. The Morgan fingerprint density at radius 1 is 1.16 bits per heavy atom. The van der Waals surface area contributed by atoms with Crippen LogP contribution in [0.25, 0.3) is 0 Å². The predicted molar refractivity (Wildman–Crippen MR) is 71.5 cm³/mol. The van der Waals surface area contributed by atoms with Crippen molar-refractivity contribution in [3.8, 4) is 5.75 Å².